The molecule has 134 valence electrons. The van der Waals surface area contributed by atoms with Gasteiger partial charge >= 0.3 is 0 Å². The van der Waals surface area contributed by atoms with Crippen LogP contribution in [0.5, 0.6) is 0 Å². The van der Waals surface area contributed by atoms with E-state index in [1.807, 2.05) is 19.2 Å². The van der Waals surface area contributed by atoms with Crippen LogP contribution in [0.1, 0.15) is 37.1 Å². The van der Waals surface area contributed by atoms with E-state index in [9.17, 15) is 0 Å². The molecule has 1 fully saturated rings. The third-order valence-corrected chi connectivity index (χ3v) is 5.31. The Bertz CT molecular complexity index is 715. The minimum atomic E-state index is 0.146. The molecule has 1 heterocycles. The molecule has 0 saturated heterocycles. The van der Waals surface area contributed by atoms with E-state index in [0.29, 0.717) is 6.54 Å². The summed E-state index contributed by atoms with van der Waals surface area (Å²) in [7, 11) is 3.67. The van der Waals surface area contributed by atoms with Gasteiger partial charge in [-0.1, -0.05) is 36.6 Å². The van der Waals surface area contributed by atoms with Crippen molar-refractivity contribution < 1.29 is 0 Å². The average molecular weight is 361 g/mol. The molecule has 0 aliphatic heterocycles. The third kappa shape index (κ3) is 4.12. The summed E-state index contributed by atoms with van der Waals surface area (Å²) in [4.78, 5) is 8.56. The van der Waals surface area contributed by atoms with Gasteiger partial charge in [0.05, 0.1) is 6.54 Å². The number of nitrogens with one attached hydrogen (secondary N) is 2. The third-order valence-electron chi connectivity index (χ3n) is 5.05. The standard InChI is InChI=1S/C18H25ClN6/c1-20-17(21-11-16-23-13-24-25(16)2)22-12-18(9-3-4-10-18)14-5-7-15(19)8-6-14/h5-8,13H,3-4,9-12H2,1-2H3,(H2,20,21,22). The first kappa shape index (κ1) is 17.7. The topological polar surface area (TPSA) is 67.1 Å². The number of halogens is 1. The van der Waals surface area contributed by atoms with E-state index in [2.05, 4.69) is 37.8 Å². The van der Waals surface area contributed by atoms with Crippen LogP contribution in [0.2, 0.25) is 5.02 Å². The smallest absolute Gasteiger partial charge is 0.191 e. The summed E-state index contributed by atoms with van der Waals surface area (Å²) in [6.07, 6.45) is 6.44. The number of rotatable bonds is 5. The highest BCUT2D eigenvalue weighted by Gasteiger charge is 2.35. The van der Waals surface area contributed by atoms with Gasteiger partial charge < -0.3 is 10.6 Å². The zero-order valence-corrected chi connectivity index (χ0v) is 15.6. The molecular weight excluding hydrogens is 336 g/mol. The molecule has 3 rings (SSSR count). The van der Waals surface area contributed by atoms with Gasteiger partial charge in [-0.15, -0.1) is 0 Å². The number of benzene rings is 1. The van der Waals surface area contributed by atoms with Crippen molar-refractivity contribution in [2.75, 3.05) is 13.6 Å². The molecule has 0 atom stereocenters. The van der Waals surface area contributed by atoms with E-state index < -0.39 is 0 Å². The molecule has 25 heavy (non-hydrogen) atoms. The maximum atomic E-state index is 6.06. The number of guanidine groups is 1. The molecule has 0 unspecified atom stereocenters. The Labute approximate surface area is 153 Å². The maximum Gasteiger partial charge on any atom is 0.191 e. The predicted octanol–water partition coefficient (Wildman–Crippen LogP) is 2.65. The summed E-state index contributed by atoms with van der Waals surface area (Å²) in [5.74, 6) is 1.65. The van der Waals surface area contributed by atoms with Crippen molar-refractivity contribution in [1.29, 1.82) is 0 Å². The lowest BCUT2D eigenvalue weighted by molar-refractivity contribution is 0.431. The zero-order valence-electron chi connectivity index (χ0n) is 14.8. The molecule has 2 aromatic rings. The van der Waals surface area contributed by atoms with Crippen LogP contribution in [0.3, 0.4) is 0 Å². The second kappa shape index (κ2) is 7.87. The van der Waals surface area contributed by atoms with Crippen LogP contribution < -0.4 is 10.6 Å². The second-order valence-electron chi connectivity index (χ2n) is 6.57. The number of aryl methyl sites for hydroxylation is 1. The molecule has 0 radical (unpaired) electrons. The van der Waals surface area contributed by atoms with Gasteiger partial charge in [-0.3, -0.25) is 9.67 Å². The highest BCUT2D eigenvalue weighted by atomic mass is 35.5. The monoisotopic (exact) mass is 360 g/mol. The van der Waals surface area contributed by atoms with E-state index in [4.69, 9.17) is 11.6 Å². The summed E-state index contributed by atoms with van der Waals surface area (Å²) in [6.45, 7) is 1.44. The zero-order chi connectivity index (χ0) is 17.7. The molecular formula is C18H25ClN6. The summed E-state index contributed by atoms with van der Waals surface area (Å²) in [6, 6.07) is 8.28. The molecule has 1 aromatic carbocycles. The van der Waals surface area contributed by atoms with Gasteiger partial charge in [0.15, 0.2) is 5.96 Å². The Morgan fingerprint density at radius 2 is 1.96 bits per heavy atom. The fourth-order valence-electron chi connectivity index (χ4n) is 3.54. The van der Waals surface area contributed by atoms with Gasteiger partial charge in [0, 0.05) is 31.1 Å². The minimum Gasteiger partial charge on any atom is -0.356 e. The quantitative estimate of drug-likeness (QED) is 0.635. The van der Waals surface area contributed by atoms with Crippen LogP contribution in [0.4, 0.5) is 0 Å². The van der Waals surface area contributed by atoms with Crippen molar-refractivity contribution in [3.8, 4) is 0 Å². The number of nitrogens with zero attached hydrogens (tertiary/aromatic N) is 4. The van der Waals surface area contributed by atoms with E-state index in [1.165, 1.54) is 31.2 Å². The van der Waals surface area contributed by atoms with Gasteiger partial charge in [-0.2, -0.15) is 5.10 Å². The van der Waals surface area contributed by atoms with Gasteiger partial charge in [0.25, 0.3) is 0 Å². The molecule has 1 aromatic heterocycles. The number of hydrogen-bond acceptors (Lipinski definition) is 3. The maximum absolute atomic E-state index is 6.06. The van der Waals surface area contributed by atoms with Gasteiger partial charge in [-0.25, -0.2) is 4.98 Å². The van der Waals surface area contributed by atoms with Crippen molar-refractivity contribution in [1.82, 2.24) is 25.4 Å². The molecule has 6 nitrogen and oxygen atoms in total. The molecule has 1 saturated carbocycles. The number of hydrogen-bond donors (Lipinski definition) is 2. The Balaban J connectivity index is 1.64. The van der Waals surface area contributed by atoms with E-state index in [1.54, 1.807) is 18.1 Å². The fourth-order valence-corrected chi connectivity index (χ4v) is 3.67. The Hall–Kier alpha value is -2.08. The van der Waals surface area contributed by atoms with Crippen molar-refractivity contribution in [3.05, 3.63) is 47.0 Å². The van der Waals surface area contributed by atoms with E-state index >= 15 is 0 Å². The van der Waals surface area contributed by atoms with Gasteiger partial charge in [0.1, 0.15) is 12.2 Å². The lowest BCUT2D eigenvalue weighted by Gasteiger charge is -2.31. The normalized spacial score (nSPS) is 16.8. The van der Waals surface area contributed by atoms with Crippen LogP contribution in [0, 0.1) is 0 Å². The molecule has 1 aliphatic rings. The Morgan fingerprint density at radius 1 is 1.24 bits per heavy atom. The van der Waals surface area contributed by atoms with Crippen molar-refractivity contribution in [2.45, 2.75) is 37.6 Å². The lowest BCUT2D eigenvalue weighted by Crippen LogP contribution is -2.44. The van der Waals surface area contributed by atoms with Crippen LogP contribution in [0.25, 0.3) is 0 Å². The minimum absolute atomic E-state index is 0.146. The first-order valence-corrected chi connectivity index (χ1v) is 9.04. The summed E-state index contributed by atoms with van der Waals surface area (Å²) in [5, 5.41) is 11.7. The highest BCUT2D eigenvalue weighted by Crippen LogP contribution is 2.40. The van der Waals surface area contributed by atoms with Crippen LogP contribution in [0.15, 0.2) is 35.6 Å². The van der Waals surface area contributed by atoms with E-state index in [-0.39, 0.29) is 5.41 Å². The van der Waals surface area contributed by atoms with Gasteiger partial charge in [0.2, 0.25) is 0 Å². The van der Waals surface area contributed by atoms with E-state index in [0.717, 1.165) is 23.4 Å². The summed E-state index contributed by atoms with van der Waals surface area (Å²) >= 11 is 6.06. The summed E-state index contributed by atoms with van der Waals surface area (Å²) < 4.78 is 1.76. The first-order valence-electron chi connectivity index (χ1n) is 8.66. The Kier molecular flexibility index (Phi) is 5.58. The second-order valence-corrected chi connectivity index (χ2v) is 7.01. The molecule has 0 amide bonds. The highest BCUT2D eigenvalue weighted by molar-refractivity contribution is 6.30. The van der Waals surface area contributed by atoms with Crippen molar-refractivity contribution in [3.63, 3.8) is 0 Å². The van der Waals surface area contributed by atoms with Crippen LogP contribution in [-0.4, -0.2) is 34.3 Å². The molecule has 0 spiro atoms. The van der Waals surface area contributed by atoms with Crippen LogP contribution >= 0.6 is 11.6 Å². The lowest BCUT2D eigenvalue weighted by atomic mass is 9.79. The molecule has 2 N–H and O–H groups in total. The fraction of sp³-hybridized carbons (Fsp3) is 0.500. The van der Waals surface area contributed by atoms with Crippen molar-refractivity contribution in [2.24, 2.45) is 12.0 Å². The average Bonchev–Trinajstić information content (AvgIpc) is 3.26. The molecule has 1 aliphatic carbocycles. The summed E-state index contributed by atoms with van der Waals surface area (Å²) in [5.41, 5.74) is 1.50. The largest absolute Gasteiger partial charge is 0.356 e. The molecule has 0 bridgehead atoms. The number of aliphatic imine (C=N–C) groups is 1. The molecule has 7 heteroatoms. The predicted molar refractivity (Wildman–Crippen MR) is 101 cm³/mol. The Morgan fingerprint density at radius 3 is 2.56 bits per heavy atom. The first-order chi connectivity index (χ1) is 12.1. The van der Waals surface area contributed by atoms with Gasteiger partial charge in [-0.05, 0) is 30.5 Å². The van der Waals surface area contributed by atoms with Crippen molar-refractivity contribution >= 4 is 17.6 Å². The SMILES string of the molecule is CN=C(NCc1ncnn1C)NCC1(c2ccc(Cl)cc2)CCCC1. The number of aromatic nitrogens is 3. The van der Waals surface area contributed by atoms with Crippen LogP contribution in [-0.2, 0) is 19.0 Å².